The number of aryl methyl sites for hydroxylation is 1. The van der Waals surface area contributed by atoms with Crippen molar-refractivity contribution in [1.82, 2.24) is 14.1 Å². The number of sulfonamides is 1. The third kappa shape index (κ3) is 6.46. The Balaban J connectivity index is 1.18. The van der Waals surface area contributed by atoms with E-state index in [2.05, 4.69) is 4.90 Å². The van der Waals surface area contributed by atoms with E-state index in [4.69, 9.17) is 4.74 Å². The van der Waals surface area contributed by atoms with Gasteiger partial charge in [0, 0.05) is 39.3 Å². The standard InChI is InChI=1S/C35H47N3O5S/c1-26-8-10-27(11-9-26)24-38(33(39)25-37(16-17-43-2)44(41,42)32-6-4-3-5-7-32)31-12-14-36(15-13-31)34(40)35-21-28-18-29(22-35)20-30(19-28)23-35/h3-11,28-31H,12-25H2,1-2H3. The molecule has 4 bridgehead atoms. The lowest BCUT2D eigenvalue weighted by Crippen LogP contribution is -2.57. The van der Waals surface area contributed by atoms with E-state index in [-0.39, 0.29) is 42.0 Å². The van der Waals surface area contributed by atoms with Crippen LogP contribution in [0.3, 0.4) is 0 Å². The summed E-state index contributed by atoms with van der Waals surface area (Å²) in [5.74, 6) is 2.29. The van der Waals surface area contributed by atoms with Crippen LogP contribution in [0.2, 0.25) is 0 Å². The van der Waals surface area contributed by atoms with Crippen LogP contribution in [0.25, 0.3) is 0 Å². The van der Waals surface area contributed by atoms with E-state index in [0.717, 1.165) is 48.1 Å². The fourth-order valence-corrected chi connectivity index (χ4v) is 10.3. The largest absolute Gasteiger partial charge is 0.383 e. The van der Waals surface area contributed by atoms with Crippen molar-refractivity contribution in [3.8, 4) is 0 Å². The minimum absolute atomic E-state index is 0.0760. The Kier molecular flexibility index (Phi) is 9.18. The predicted molar refractivity (Wildman–Crippen MR) is 169 cm³/mol. The third-order valence-electron chi connectivity index (χ3n) is 10.7. The van der Waals surface area contributed by atoms with Crippen molar-refractivity contribution in [3.05, 3.63) is 65.7 Å². The number of hydrogen-bond donors (Lipinski definition) is 0. The number of benzene rings is 2. The van der Waals surface area contributed by atoms with Gasteiger partial charge in [-0.3, -0.25) is 9.59 Å². The first-order chi connectivity index (χ1) is 21.2. The molecule has 1 aliphatic heterocycles. The van der Waals surface area contributed by atoms with E-state index in [1.807, 2.05) is 36.1 Å². The number of ether oxygens (including phenoxy) is 1. The number of methoxy groups -OCH3 is 1. The Morgan fingerprint density at radius 1 is 0.909 bits per heavy atom. The van der Waals surface area contributed by atoms with Crippen molar-refractivity contribution in [1.29, 1.82) is 0 Å². The van der Waals surface area contributed by atoms with Gasteiger partial charge in [0.05, 0.1) is 23.5 Å². The van der Waals surface area contributed by atoms with Crippen molar-refractivity contribution in [2.75, 3.05) is 39.9 Å². The van der Waals surface area contributed by atoms with Crippen LogP contribution in [0.1, 0.15) is 62.5 Å². The summed E-state index contributed by atoms with van der Waals surface area (Å²) < 4.78 is 33.7. The molecule has 2 amide bonds. The summed E-state index contributed by atoms with van der Waals surface area (Å²) in [4.78, 5) is 32.2. The molecule has 0 spiro atoms. The first kappa shape index (κ1) is 31.2. The number of rotatable bonds is 11. The number of carbonyl (C=O) groups is 2. The Morgan fingerprint density at radius 2 is 1.50 bits per heavy atom. The second-order valence-electron chi connectivity index (χ2n) is 13.9. The second kappa shape index (κ2) is 12.9. The maximum atomic E-state index is 14.1. The van der Waals surface area contributed by atoms with Crippen LogP contribution < -0.4 is 0 Å². The smallest absolute Gasteiger partial charge is 0.243 e. The highest BCUT2D eigenvalue weighted by atomic mass is 32.2. The van der Waals surface area contributed by atoms with Crippen molar-refractivity contribution >= 4 is 21.8 Å². The van der Waals surface area contributed by atoms with Crippen molar-refractivity contribution in [3.63, 3.8) is 0 Å². The molecule has 1 saturated heterocycles. The van der Waals surface area contributed by atoms with Gasteiger partial charge < -0.3 is 14.5 Å². The molecule has 9 heteroatoms. The topological polar surface area (TPSA) is 87.2 Å². The molecule has 5 aliphatic rings. The highest BCUT2D eigenvalue weighted by Gasteiger charge is 2.55. The van der Waals surface area contributed by atoms with Crippen LogP contribution in [0.15, 0.2) is 59.5 Å². The van der Waals surface area contributed by atoms with Gasteiger partial charge in [-0.05, 0) is 93.7 Å². The van der Waals surface area contributed by atoms with Crippen LogP contribution >= 0.6 is 0 Å². The van der Waals surface area contributed by atoms with Crippen LogP contribution in [0.4, 0.5) is 0 Å². The lowest BCUT2D eigenvalue weighted by atomic mass is 9.49. The van der Waals surface area contributed by atoms with Gasteiger partial charge in [0.15, 0.2) is 0 Å². The Hall–Kier alpha value is -2.75. The normalized spacial score (nSPS) is 26.7. The molecular weight excluding hydrogens is 574 g/mol. The SMILES string of the molecule is COCCN(CC(=O)N(Cc1ccc(C)cc1)C1CCN(C(=O)C23CC4CC(CC(C4)C2)C3)CC1)S(=O)(=O)c1ccccc1. The number of amides is 2. The number of piperidine rings is 1. The van der Waals surface area contributed by atoms with E-state index in [1.165, 1.54) is 30.7 Å². The molecular formula is C35H47N3O5S. The van der Waals surface area contributed by atoms with Gasteiger partial charge >= 0.3 is 0 Å². The Morgan fingerprint density at radius 3 is 2.07 bits per heavy atom. The molecule has 2 aromatic carbocycles. The molecule has 44 heavy (non-hydrogen) atoms. The minimum atomic E-state index is -3.90. The molecule has 2 aromatic rings. The second-order valence-corrected chi connectivity index (χ2v) is 15.8. The van der Waals surface area contributed by atoms with Crippen molar-refractivity contribution < 1.29 is 22.7 Å². The van der Waals surface area contributed by atoms with Crippen LogP contribution in [-0.4, -0.2) is 80.3 Å². The quantitative estimate of drug-likeness (QED) is 0.358. The summed E-state index contributed by atoms with van der Waals surface area (Å²) >= 11 is 0. The van der Waals surface area contributed by atoms with E-state index >= 15 is 0 Å². The predicted octanol–water partition coefficient (Wildman–Crippen LogP) is 4.87. The first-order valence-corrected chi connectivity index (χ1v) is 17.8. The molecule has 7 rings (SSSR count). The lowest BCUT2D eigenvalue weighted by Gasteiger charge is -2.57. The summed E-state index contributed by atoms with van der Waals surface area (Å²) in [6, 6.07) is 16.3. The Bertz CT molecular complexity index is 1380. The lowest BCUT2D eigenvalue weighted by molar-refractivity contribution is -0.159. The van der Waals surface area contributed by atoms with Gasteiger partial charge in [0.1, 0.15) is 0 Å². The van der Waals surface area contributed by atoms with Crippen LogP contribution in [0.5, 0.6) is 0 Å². The van der Waals surface area contributed by atoms with Crippen molar-refractivity contribution in [2.24, 2.45) is 23.2 Å². The zero-order chi connectivity index (χ0) is 30.9. The number of hydrogen-bond acceptors (Lipinski definition) is 5. The molecule has 0 atom stereocenters. The molecule has 4 aliphatic carbocycles. The third-order valence-corrected chi connectivity index (χ3v) is 12.6. The van der Waals surface area contributed by atoms with E-state index < -0.39 is 10.0 Å². The van der Waals surface area contributed by atoms with E-state index in [9.17, 15) is 18.0 Å². The van der Waals surface area contributed by atoms with Gasteiger partial charge in [0.2, 0.25) is 21.8 Å². The van der Waals surface area contributed by atoms with Crippen molar-refractivity contribution in [2.45, 2.75) is 75.8 Å². The Labute approximate surface area is 262 Å². The zero-order valence-corrected chi connectivity index (χ0v) is 27.0. The summed E-state index contributed by atoms with van der Waals surface area (Å²) in [5.41, 5.74) is 1.99. The summed E-state index contributed by atoms with van der Waals surface area (Å²) in [7, 11) is -2.38. The van der Waals surface area contributed by atoms with Gasteiger partial charge in [-0.15, -0.1) is 0 Å². The molecule has 0 radical (unpaired) electrons. The summed E-state index contributed by atoms with van der Waals surface area (Å²) in [6.45, 7) is 3.70. The number of carbonyl (C=O) groups excluding carboxylic acids is 2. The maximum Gasteiger partial charge on any atom is 0.243 e. The van der Waals surface area contributed by atoms with Crippen LogP contribution in [0, 0.1) is 30.1 Å². The molecule has 0 aromatic heterocycles. The maximum absolute atomic E-state index is 14.1. The van der Waals surface area contributed by atoms with Gasteiger partial charge in [0.25, 0.3) is 0 Å². The molecule has 0 unspecified atom stereocenters. The van der Waals surface area contributed by atoms with E-state index in [1.54, 1.807) is 30.3 Å². The summed E-state index contributed by atoms with van der Waals surface area (Å²) in [6.07, 6.45) is 8.50. The first-order valence-electron chi connectivity index (χ1n) is 16.4. The van der Waals surface area contributed by atoms with E-state index in [0.29, 0.717) is 38.4 Å². The highest BCUT2D eigenvalue weighted by molar-refractivity contribution is 7.89. The average molecular weight is 622 g/mol. The molecule has 0 N–H and O–H groups in total. The molecule has 1 heterocycles. The number of likely N-dealkylation sites (tertiary alicyclic amines) is 1. The van der Waals surface area contributed by atoms with Gasteiger partial charge in [-0.2, -0.15) is 4.31 Å². The molecule has 8 nitrogen and oxygen atoms in total. The molecule has 4 saturated carbocycles. The molecule has 5 fully saturated rings. The average Bonchev–Trinajstić information content (AvgIpc) is 3.02. The fourth-order valence-electron chi connectivity index (χ4n) is 8.86. The highest BCUT2D eigenvalue weighted by Crippen LogP contribution is 2.60. The zero-order valence-electron chi connectivity index (χ0n) is 26.2. The molecule has 238 valence electrons. The van der Waals surface area contributed by atoms with Gasteiger partial charge in [-0.25, -0.2) is 8.42 Å². The monoisotopic (exact) mass is 621 g/mol. The van der Waals surface area contributed by atoms with Gasteiger partial charge in [-0.1, -0.05) is 48.0 Å². The minimum Gasteiger partial charge on any atom is -0.383 e. The fraction of sp³-hybridized carbons (Fsp3) is 0.600. The number of nitrogens with zero attached hydrogens (tertiary/aromatic N) is 3. The summed E-state index contributed by atoms with van der Waals surface area (Å²) in [5, 5.41) is 0. The van der Waals surface area contributed by atoms with Crippen LogP contribution in [-0.2, 0) is 30.9 Å².